The van der Waals surface area contributed by atoms with Crippen LogP contribution in [0.15, 0.2) is 24.3 Å². The molecule has 148 valence electrons. The maximum absolute atomic E-state index is 13.9. The minimum atomic E-state index is -1.38. The van der Waals surface area contributed by atoms with E-state index in [0.717, 1.165) is 49.3 Å². The zero-order valence-electron chi connectivity index (χ0n) is 16.4. The van der Waals surface area contributed by atoms with Gasteiger partial charge in [0.1, 0.15) is 5.82 Å². The van der Waals surface area contributed by atoms with Crippen LogP contribution in [0.3, 0.4) is 0 Å². The molecule has 0 spiro atoms. The summed E-state index contributed by atoms with van der Waals surface area (Å²) in [6.07, 6.45) is 1.57. The van der Waals surface area contributed by atoms with Crippen LogP contribution in [0.2, 0.25) is 0 Å². The lowest BCUT2D eigenvalue weighted by atomic mass is 9.86. The second-order valence-electron chi connectivity index (χ2n) is 7.78. The summed E-state index contributed by atoms with van der Waals surface area (Å²) in [5, 5.41) is 0. The zero-order valence-corrected chi connectivity index (χ0v) is 16.4. The first-order valence-corrected chi connectivity index (χ1v) is 9.64. The SMILES string of the molecule is Cc1c(C2CCN(Cc3nc4cccc(C)c4n3C)CC2)cc(F)c(F)c1F. The fraction of sp³-hybridized carbons (Fsp3) is 0.409. The van der Waals surface area contributed by atoms with Crippen molar-refractivity contribution in [3.05, 3.63) is 64.2 Å². The molecule has 0 saturated carbocycles. The van der Waals surface area contributed by atoms with E-state index < -0.39 is 17.5 Å². The van der Waals surface area contributed by atoms with Crippen LogP contribution in [0.25, 0.3) is 11.0 Å². The Hall–Kier alpha value is -2.34. The van der Waals surface area contributed by atoms with E-state index in [1.165, 1.54) is 18.6 Å². The fourth-order valence-corrected chi connectivity index (χ4v) is 4.39. The third-order valence-electron chi connectivity index (χ3n) is 6.03. The average molecular weight is 387 g/mol. The van der Waals surface area contributed by atoms with Gasteiger partial charge in [0.05, 0.1) is 17.6 Å². The zero-order chi connectivity index (χ0) is 20.0. The summed E-state index contributed by atoms with van der Waals surface area (Å²) in [6.45, 7) is 5.98. The molecule has 3 aromatic rings. The van der Waals surface area contributed by atoms with Gasteiger partial charge >= 0.3 is 0 Å². The van der Waals surface area contributed by atoms with E-state index in [4.69, 9.17) is 4.98 Å². The van der Waals surface area contributed by atoms with Gasteiger partial charge in [0.2, 0.25) is 0 Å². The van der Waals surface area contributed by atoms with Crippen LogP contribution < -0.4 is 0 Å². The molecule has 1 fully saturated rings. The lowest BCUT2D eigenvalue weighted by Gasteiger charge is -2.32. The average Bonchev–Trinajstić information content (AvgIpc) is 3.00. The Morgan fingerprint density at radius 2 is 1.79 bits per heavy atom. The van der Waals surface area contributed by atoms with E-state index in [2.05, 4.69) is 22.5 Å². The molecule has 1 aliphatic heterocycles. The van der Waals surface area contributed by atoms with Crippen molar-refractivity contribution in [3.63, 3.8) is 0 Å². The van der Waals surface area contributed by atoms with Gasteiger partial charge in [-0.05, 0) is 74.5 Å². The molecule has 0 atom stereocenters. The van der Waals surface area contributed by atoms with E-state index in [1.807, 2.05) is 19.2 Å². The summed E-state index contributed by atoms with van der Waals surface area (Å²) in [4.78, 5) is 7.09. The molecule has 2 aromatic carbocycles. The van der Waals surface area contributed by atoms with Crippen LogP contribution in [0.5, 0.6) is 0 Å². The maximum Gasteiger partial charge on any atom is 0.194 e. The van der Waals surface area contributed by atoms with Crippen molar-refractivity contribution in [1.82, 2.24) is 14.5 Å². The molecular weight excluding hydrogens is 363 g/mol. The van der Waals surface area contributed by atoms with E-state index >= 15 is 0 Å². The minimum absolute atomic E-state index is 0.0449. The fourth-order valence-electron chi connectivity index (χ4n) is 4.39. The number of hydrogen-bond acceptors (Lipinski definition) is 2. The lowest BCUT2D eigenvalue weighted by molar-refractivity contribution is 0.198. The second kappa shape index (κ2) is 7.24. The Balaban J connectivity index is 1.48. The Bertz CT molecular complexity index is 1030. The molecular formula is C22H24F3N3. The number of likely N-dealkylation sites (tertiary alicyclic amines) is 1. The van der Waals surface area contributed by atoms with Crippen LogP contribution >= 0.6 is 0 Å². The number of piperidine rings is 1. The van der Waals surface area contributed by atoms with Crippen molar-refractivity contribution in [1.29, 1.82) is 0 Å². The van der Waals surface area contributed by atoms with Gasteiger partial charge < -0.3 is 4.57 Å². The number of aryl methyl sites for hydroxylation is 2. The first kappa shape index (κ1) is 19.0. The van der Waals surface area contributed by atoms with Crippen LogP contribution in [-0.4, -0.2) is 27.5 Å². The molecule has 4 rings (SSSR count). The third kappa shape index (κ3) is 3.20. The van der Waals surface area contributed by atoms with Gasteiger partial charge in [-0.3, -0.25) is 4.90 Å². The molecule has 1 aromatic heterocycles. The van der Waals surface area contributed by atoms with Gasteiger partial charge in [-0.2, -0.15) is 0 Å². The largest absolute Gasteiger partial charge is 0.330 e. The second-order valence-corrected chi connectivity index (χ2v) is 7.78. The lowest BCUT2D eigenvalue weighted by Crippen LogP contribution is -2.33. The predicted octanol–water partition coefficient (Wildman–Crippen LogP) is 4.99. The number of fused-ring (bicyclic) bond motifs is 1. The topological polar surface area (TPSA) is 21.1 Å². The minimum Gasteiger partial charge on any atom is -0.330 e. The number of imidazole rings is 1. The summed E-state index contributed by atoms with van der Waals surface area (Å²) in [5.74, 6) is -2.49. The van der Waals surface area contributed by atoms with Gasteiger partial charge in [0.15, 0.2) is 17.5 Å². The standard InChI is InChI=1S/C22H24F3N3/c1-13-5-4-6-18-22(13)27(3)19(26-18)12-28-9-7-15(8-10-28)16-11-17(23)21(25)20(24)14(16)2/h4-6,11,15H,7-10,12H2,1-3H3. The van der Waals surface area contributed by atoms with Gasteiger partial charge in [-0.1, -0.05) is 12.1 Å². The van der Waals surface area contributed by atoms with Crippen molar-refractivity contribution in [2.75, 3.05) is 13.1 Å². The molecule has 2 heterocycles. The van der Waals surface area contributed by atoms with Gasteiger partial charge in [-0.25, -0.2) is 18.2 Å². The molecule has 0 radical (unpaired) electrons. The van der Waals surface area contributed by atoms with E-state index in [1.54, 1.807) is 0 Å². The number of rotatable bonds is 3. The highest BCUT2D eigenvalue weighted by molar-refractivity contribution is 5.79. The number of nitrogens with zero attached hydrogens (tertiary/aromatic N) is 3. The molecule has 0 aliphatic carbocycles. The Kier molecular flexibility index (Phi) is 4.91. The molecule has 0 N–H and O–H groups in total. The molecule has 0 amide bonds. The third-order valence-corrected chi connectivity index (χ3v) is 6.03. The van der Waals surface area contributed by atoms with Gasteiger partial charge in [0.25, 0.3) is 0 Å². The molecule has 0 unspecified atom stereocenters. The summed E-state index contributed by atoms with van der Waals surface area (Å²) in [7, 11) is 2.04. The van der Waals surface area contributed by atoms with Crippen LogP contribution in [0.4, 0.5) is 13.2 Å². The van der Waals surface area contributed by atoms with E-state index in [9.17, 15) is 13.2 Å². The van der Waals surface area contributed by atoms with Gasteiger partial charge in [-0.15, -0.1) is 0 Å². The highest BCUT2D eigenvalue weighted by atomic mass is 19.2. The molecule has 1 aliphatic rings. The molecule has 0 bridgehead atoms. The summed E-state index contributed by atoms with van der Waals surface area (Å²) in [5.41, 5.74) is 4.17. The van der Waals surface area contributed by atoms with Crippen molar-refractivity contribution >= 4 is 11.0 Å². The molecule has 6 heteroatoms. The monoisotopic (exact) mass is 387 g/mol. The maximum atomic E-state index is 13.9. The van der Waals surface area contributed by atoms with Gasteiger partial charge in [0, 0.05) is 7.05 Å². The number of halogens is 3. The smallest absolute Gasteiger partial charge is 0.194 e. The number of hydrogen-bond donors (Lipinski definition) is 0. The summed E-state index contributed by atoms with van der Waals surface area (Å²) < 4.78 is 43.2. The Morgan fingerprint density at radius 1 is 1.07 bits per heavy atom. The Morgan fingerprint density at radius 3 is 2.46 bits per heavy atom. The molecule has 28 heavy (non-hydrogen) atoms. The van der Waals surface area contributed by atoms with E-state index in [-0.39, 0.29) is 11.5 Å². The highest BCUT2D eigenvalue weighted by Gasteiger charge is 2.26. The summed E-state index contributed by atoms with van der Waals surface area (Å²) >= 11 is 0. The van der Waals surface area contributed by atoms with Crippen molar-refractivity contribution in [2.24, 2.45) is 7.05 Å². The summed E-state index contributed by atoms with van der Waals surface area (Å²) in [6, 6.07) is 7.30. The number of para-hydroxylation sites is 1. The predicted molar refractivity (Wildman–Crippen MR) is 104 cm³/mol. The molecule has 3 nitrogen and oxygen atoms in total. The Labute approximate surface area is 162 Å². The first-order valence-electron chi connectivity index (χ1n) is 9.64. The quantitative estimate of drug-likeness (QED) is 0.591. The van der Waals surface area contributed by atoms with Crippen molar-refractivity contribution in [3.8, 4) is 0 Å². The van der Waals surface area contributed by atoms with Crippen LogP contribution in [0, 0.1) is 31.3 Å². The normalized spacial score (nSPS) is 16.2. The molecule has 1 saturated heterocycles. The van der Waals surface area contributed by atoms with Crippen molar-refractivity contribution in [2.45, 2.75) is 39.2 Å². The van der Waals surface area contributed by atoms with Crippen LogP contribution in [-0.2, 0) is 13.6 Å². The van der Waals surface area contributed by atoms with Crippen molar-refractivity contribution < 1.29 is 13.2 Å². The first-order chi connectivity index (χ1) is 13.4. The number of benzene rings is 2. The highest BCUT2D eigenvalue weighted by Crippen LogP contribution is 2.33. The van der Waals surface area contributed by atoms with Crippen LogP contribution in [0.1, 0.15) is 41.3 Å². The number of aromatic nitrogens is 2. The van der Waals surface area contributed by atoms with E-state index in [0.29, 0.717) is 5.56 Å².